The van der Waals surface area contributed by atoms with Crippen molar-refractivity contribution >= 4 is 22.7 Å². The molecule has 1 N–H and O–H groups in total. The minimum atomic E-state index is -0.357. The van der Waals surface area contributed by atoms with E-state index in [2.05, 4.69) is 24.4 Å². The first-order valence-electron chi connectivity index (χ1n) is 11.9. The lowest BCUT2D eigenvalue weighted by Gasteiger charge is -2.26. The summed E-state index contributed by atoms with van der Waals surface area (Å²) >= 11 is 0. The first-order valence-corrected chi connectivity index (χ1v) is 11.9. The van der Waals surface area contributed by atoms with Crippen LogP contribution in [0.15, 0.2) is 72.8 Å². The van der Waals surface area contributed by atoms with E-state index in [9.17, 15) is 9.59 Å². The predicted molar refractivity (Wildman–Crippen MR) is 136 cm³/mol. The number of hydrogen-bond donors (Lipinski definition) is 1. The fourth-order valence-electron chi connectivity index (χ4n) is 4.97. The molecule has 0 aliphatic carbocycles. The molecule has 2 amide bonds. The number of benzene rings is 3. The SMILES string of the molecule is CCc1ccc(CNC(=O)CN2C(=O)c3c(c4ccccc4n3C)[C@@H]2c2ccc(OC)cc2)cc1. The van der Waals surface area contributed by atoms with E-state index in [1.807, 2.05) is 72.3 Å². The molecular formula is C29H29N3O3. The molecule has 1 aromatic heterocycles. The lowest BCUT2D eigenvalue weighted by Crippen LogP contribution is -2.39. The molecule has 6 nitrogen and oxygen atoms in total. The van der Waals surface area contributed by atoms with Crippen LogP contribution in [-0.4, -0.2) is 34.9 Å². The highest BCUT2D eigenvalue weighted by atomic mass is 16.5. The number of nitrogens with zero attached hydrogens (tertiary/aromatic N) is 2. The minimum Gasteiger partial charge on any atom is -0.497 e. The average Bonchev–Trinajstić information content (AvgIpc) is 3.35. The van der Waals surface area contributed by atoms with Crippen molar-refractivity contribution in [3.05, 3.63) is 101 Å². The van der Waals surface area contributed by atoms with E-state index in [4.69, 9.17) is 4.74 Å². The van der Waals surface area contributed by atoms with Gasteiger partial charge in [0.1, 0.15) is 18.0 Å². The third kappa shape index (κ3) is 4.05. The summed E-state index contributed by atoms with van der Waals surface area (Å²) in [5.41, 5.74) is 5.82. The van der Waals surface area contributed by atoms with Crippen molar-refractivity contribution < 1.29 is 14.3 Å². The lowest BCUT2D eigenvalue weighted by molar-refractivity contribution is -0.122. The van der Waals surface area contributed by atoms with Crippen LogP contribution in [0.5, 0.6) is 5.75 Å². The van der Waals surface area contributed by atoms with Crippen molar-refractivity contribution in [2.24, 2.45) is 7.05 Å². The molecular weight excluding hydrogens is 438 g/mol. The number of methoxy groups -OCH3 is 1. The first kappa shape index (κ1) is 22.7. The number of nitrogens with one attached hydrogen (secondary N) is 1. The van der Waals surface area contributed by atoms with E-state index < -0.39 is 0 Å². The second kappa shape index (κ2) is 9.29. The topological polar surface area (TPSA) is 63.6 Å². The second-order valence-corrected chi connectivity index (χ2v) is 8.89. The Balaban J connectivity index is 1.45. The van der Waals surface area contributed by atoms with Crippen LogP contribution >= 0.6 is 0 Å². The molecule has 0 fully saturated rings. The van der Waals surface area contributed by atoms with Gasteiger partial charge in [-0.2, -0.15) is 0 Å². The Morgan fingerprint density at radius 3 is 2.34 bits per heavy atom. The van der Waals surface area contributed by atoms with Crippen LogP contribution < -0.4 is 10.1 Å². The maximum atomic E-state index is 13.7. The van der Waals surface area contributed by atoms with Crippen LogP contribution in [0, 0.1) is 0 Å². The Morgan fingerprint density at radius 1 is 0.971 bits per heavy atom. The number of hydrogen-bond acceptors (Lipinski definition) is 3. The molecule has 0 unspecified atom stereocenters. The van der Waals surface area contributed by atoms with Gasteiger partial charge >= 0.3 is 0 Å². The molecule has 35 heavy (non-hydrogen) atoms. The van der Waals surface area contributed by atoms with Gasteiger partial charge in [-0.1, -0.05) is 61.5 Å². The smallest absolute Gasteiger partial charge is 0.272 e. The summed E-state index contributed by atoms with van der Waals surface area (Å²) in [5, 5.41) is 4.01. The fourth-order valence-corrected chi connectivity index (χ4v) is 4.97. The van der Waals surface area contributed by atoms with Gasteiger partial charge in [-0.05, 0) is 41.3 Å². The maximum absolute atomic E-state index is 13.7. The van der Waals surface area contributed by atoms with Crippen LogP contribution in [0.3, 0.4) is 0 Å². The number of carbonyl (C=O) groups is 2. The summed E-state index contributed by atoms with van der Waals surface area (Å²) in [6.45, 7) is 2.52. The van der Waals surface area contributed by atoms with Crippen molar-refractivity contribution in [2.75, 3.05) is 13.7 Å². The molecule has 2 heterocycles. The number of fused-ring (bicyclic) bond motifs is 3. The molecule has 5 rings (SSSR count). The molecule has 0 saturated carbocycles. The normalized spacial score (nSPS) is 14.9. The van der Waals surface area contributed by atoms with Crippen LogP contribution in [0.1, 0.15) is 45.7 Å². The molecule has 178 valence electrons. The van der Waals surface area contributed by atoms with Gasteiger partial charge in [0.05, 0.1) is 13.2 Å². The lowest BCUT2D eigenvalue weighted by atomic mass is 9.98. The van der Waals surface area contributed by atoms with Gasteiger partial charge in [0.25, 0.3) is 5.91 Å². The number of para-hydroxylation sites is 1. The molecule has 1 atom stereocenters. The van der Waals surface area contributed by atoms with Crippen molar-refractivity contribution in [2.45, 2.75) is 25.9 Å². The molecule has 1 aliphatic rings. The number of aromatic nitrogens is 1. The van der Waals surface area contributed by atoms with Gasteiger partial charge in [0.15, 0.2) is 0 Å². The number of amides is 2. The molecule has 0 radical (unpaired) electrons. The third-order valence-electron chi connectivity index (χ3n) is 6.86. The summed E-state index contributed by atoms with van der Waals surface area (Å²) in [7, 11) is 3.54. The highest BCUT2D eigenvalue weighted by Crippen LogP contribution is 2.43. The standard InChI is InChI=1S/C29H29N3O3/c1-4-19-9-11-20(12-10-19)17-30-25(33)18-32-27(21-13-15-22(35-3)16-14-21)26-23-7-5-6-8-24(23)31(2)28(26)29(32)34/h5-16,27H,4,17-18H2,1-3H3,(H,30,33)/t27-/m0/s1. The summed E-state index contributed by atoms with van der Waals surface area (Å²) in [6.07, 6.45) is 0.978. The Hall–Kier alpha value is -4.06. The van der Waals surface area contributed by atoms with Gasteiger partial charge < -0.3 is 19.5 Å². The number of rotatable bonds is 7. The van der Waals surface area contributed by atoms with Crippen LogP contribution in [0.25, 0.3) is 10.9 Å². The third-order valence-corrected chi connectivity index (χ3v) is 6.86. The molecule has 3 aromatic carbocycles. The molecule has 4 aromatic rings. The van der Waals surface area contributed by atoms with E-state index in [-0.39, 0.29) is 24.4 Å². The highest BCUT2D eigenvalue weighted by molar-refractivity contribution is 6.07. The summed E-state index contributed by atoms with van der Waals surface area (Å²) in [4.78, 5) is 28.4. The monoisotopic (exact) mass is 467 g/mol. The Bertz CT molecular complexity index is 1390. The highest BCUT2D eigenvalue weighted by Gasteiger charge is 2.42. The average molecular weight is 468 g/mol. The van der Waals surface area contributed by atoms with Crippen LogP contribution in [0.4, 0.5) is 0 Å². The minimum absolute atomic E-state index is 0.0222. The molecule has 6 heteroatoms. The van der Waals surface area contributed by atoms with Crippen molar-refractivity contribution in [3.63, 3.8) is 0 Å². The molecule has 0 saturated heterocycles. The molecule has 0 bridgehead atoms. The summed E-state index contributed by atoms with van der Waals surface area (Å²) in [5.74, 6) is 0.421. The maximum Gasteiger partial charge on any atom is 0.272 e. The quantitative estimate of drug-likeness (QED) is 0.432. The largest absolute Gasteiger partial charge is 0.497 e. The Kier molecular flexibility index (Phi) is 6.03. The van der Waals surface area contributed by atoms with E-state index >= 15 is 0 Å². The number of ether oxygens (including phenoxy) is 1. The van der Waals surface area contributed by atoms with E-state index in [0.717, 1.165) is 39.8 Å². The van der Waals surface area contributed by atoms with Gasteiger partial charge in [-0.15, -0.1) is 0 Å². The van der Waals surface area contributed by atoms with Gasteiger partial charge in [-0.3, -0.25) is 9.59 Å². The van der Waals surface area contributed by atoms with E-state index in [0.29, 0.717) is 12.2 Å². The zero-order valence-corrected chi connectivity index (χ0v) is 20.2. The zero-order valence-electron chi connectivity index (χ0n) is 20.2. The van der Waals surface area contributed by atoms with Crippen LogP contribution in [-0.2, 0) is 24.8 Å². The number of carbonyl (C=O) groups excluding carboxylic acids is 2. The van der Waals surface area contributed by atoms with Gasteiger partial charge in [0.2, 0.25) is 5.91 Å². The Labute approximate surface area is 205 Å². The van der Waals surface area contributed by atoms with Crippen molar-refractivity contribution in [1.82, 2.24) is 14.8 Å². The van der Waals surface area contributed by atoms with Gasteiger partial charge in [-0.25, -0.2) is 0 Å². The zero-order chi connectivity index (χ0) is 24.5. The predicted octanol–water partition coefficient (Wildman–Crippen LogP) is 4.61. The van der Waals surface area contributed by atoms with Crippen LogP contribution in [0.2, 0.25) is 0 Å². The summed E-state index contributed by atoms with van der Waals surface area (Å²) in [6, 6.07) is 23.6. The second-order valence-electron chi connectivity index (χ2n) is 8.89. The summed E-state index contributed by atoms with van der Waals surface area (Å²) < 4.78 is 7.27. The molecule has 0 spiro atoms. The molecule has 1 aliphatic heterocycles. The number of aryl methyl sites for hydroxylation is 2. The van der Waals surface area contributed by atoms with E-state index in [1.54, 1.807) is 12.0 Å². The Morgan fingerprint density at radius 2 is 1.66 bits per heavy atom. The first-order chi connectivity index (χ1) is 17.0. The van der Waals surface area contributed by atoms with Gasteiger partial charge in [0, 0.05) is 30.1 Å². The van der Waals surface area contributed by atoms with Crippen molar-refractivity contribution in [1.29, 1.82) is 0 Å². The van der Waals surface area contributed by atoms with Crippen molar-refractivity contribution in [3.8, 4) is 5.75 Å². The van der Waals surface area contributed by atoms with E-state index in [1.165, 1.54) is 5.56 Å². The fraction of sp³-hybridized carbons (Fsp3) is 0.241.